The fourth-order valence-corrected chi connectivity index (χ4v) is 3.75. The molecule has 0 fully saturated rings. The second-order valence-electron chi connectivity index (χ2n) is 5.85. The van der Waals surface area contributed by atoms with Crippen molar-refractivity contribution in [3.63, 3.8) is 0 Å². The van der Waals surface area contributed by atoms with Crippen LogP contribution in [0.15, 0.2) is 47.6 Å². The van der Waals surface area contributed by atoms with Gasteiger partial charge in [-0.15, -0.1) is 5.10 Å². The van der Waals surface area contributed by atoms with E-state index in [9.17, 15) is 13.2 Å². The number of carbonyl (C=O) groups excluding carboxylic acids is 1. The van der Waals surface area contributed by atoms with E-state index in [0.717, 1.165) is 0 Å². The predicted molar refractivity (Wildman–Crippen MR) is 102 cm³/mol. The van der Waals surface area contributed by atoms with Gasteiger partial charge in [-0.3, -0.25) is 9.52 Å². The van der Waals surface area contributed by atoms with E-state index in [2.05, 4.69) is 25.6 Å². The molecule has 11 heteroatoms. The van der Waals surface area contributed by atoms with Gasteiger partial charge in [0.15, 0.2) is 0 Å². The van der Waals surface area contributed by atoms with E-state index < -0.39 is 10.0 Å². The first-order chi connectivity index (χ1) is 13.3. The average molecular weight is 402 g/mol. The topological polar surface area (TPSA) is 128 Å². The van der Waals surface area contributed by atoms with E-state index in [-0.39, 0.29) is 16.5 Å². The summed E-state index contributed by atoms with van der Waals surface area (Å²) in [5, 5.41) is 13.6. The molecule has 28 heavy (non-hydrogen) atoms. The van der Waals surface area contributed by atoms with Crippen molar-refractivity contribution in [3.8, 4) is 11.4 Å². The van der Waals surface area contributed by atoms with Gasteiger partial charge < -0.3 is 10.1 Å². The number of aromatic nitrogens is 4. The molecule has 0 aliphatic heterocycles. The maximum Gasteiger partial charge on any atom is 0.261 e. The van der Waals surface area contributed by atoms with E-state index in [0.29, 0.717) is 22.7 Å². The summed E-state index contributed by atoms with van der Waals surface area (Å²) in [6, 6.07) is 9.31. The van der Waals surface area contributed by atoms with Crippen LogP contribution in [0, 0.1) is 6.92 Å². The van der Waals surface area contributed by atoms with E-state index in [1.54, 1.807) is 25.1 Å². The van der Waals surface area contributed by atoms with Gasteiger partial charge in [-0.1, -0.05) is 6.07 Å². The molecule has 0 saturated heterocycles. The van der Waals surface area contributed by atoms with Crippen LogP contribution in [-0.4, -0.2) is 41.6 Å². The molecule has 0 aliphatic carbocycles. The monoisotopic (exact) mass is 402 g/mol. The number of sulfonamides is 1. The molecule has 0 atom stereocenters. The van der Waals surface area contributed by atoms with E-state index in [1.165, 1.54) is 43.2 Å². The Hall–Kier alpha value is -3.47. The molecular weight excluding hydrogens is 384 g/mol. The number of anilines is 2. The van der Waals surface area contributed by atoms with Gasteiger partial charge in [-0.05, 0) is 53.2 Å². The minimum Gasteiger partial charge on any atom is -0.495 e. The summed E-state index contributed by atoms with van der Waals surface area (Å²) >= 11 is 0. The second kappa shape index (κ2) is 7.64. The largest absolute Gasteiger partial charge is 0.495 e. The Bertz CT molecular complexity index is 1110. The number of benzene rings is 2. The Morgan fingerprint density at radius 2 is 1.96 bits per heavy atom. The highest BCUT2D eigenvalue weighted by Crippen LogP contribution is 2.29. The van der Waals surface area contributed by atoms with E-state index in [4.69, 9.17) is 4.74 Å². The van der Waals surface area contributed by atoms with Crippen molar-refractivity contribution in [2.75, 3.05) is 17.1 Å². The summed E-state index contributed by atoms with van der Waals surface area (Å²) in [5.41, 5.74) is 1.93. The van der Waals surface area contributed by atoms with Gasteiger partial charge in [0, 0.05) is 6.92 Å². The number of hydrogen-bond acceptors (Lipinski definition) is 7. The summed E-state index contributed by atoms with van der Waals surface area (Å²) < 4.78 is 34.9. The molecule has 1 amide bonds. The number of carbonyl (C=O) groups is 1. The van der Waals surface area contributed by atoms with Gasteiger partial charge in [0.05, 0.1) is 29.1 Å². The lowest BCUT2D eigenvalue weighted by Gasteiger charge is -2.15. The zero-order valence-electron chi connectivity index (χ0n) is 15.4. The van der Waals surface area contributed by atoms with Gasteiger partial charge in [0.2, 0.25) is 5.91 Å². The predicted octanol–water partition coefficient (Wildman–Crippen LogP) is 1.74. The van der Waals surface area contributed by atoms with Crippen LogP contribution in [0.2, 0.25) is 0 Å². The third-order valence-electron chi connectivity index (χ3n) is 3.94. The molecule has 146 valence electrons. The van der Waals surface area contributed by atoms with Crippen LogP contribution >= 0.6 is 0 Å². The second-order valence-corrected chi connectivity index (χ2v) is 7.54. The van der Waals surface area contributed by atoms with Crippen molar-refractivity contribution in [2.45, 2.75) is 18.7 Å². The molecule has 0 unspecified atom stereocenters. The smallest absolute Gasteiger partial charge is 0.261 e. The third kappa shape index (κ3) is 3.93. The number of rotatable bonds is 6. The molecular formula is C17H18N6O4S. The van der Waals surface area contributed by atoms with Crippen LogP contribution < -0.4 is 14.8 Å². The van der Waals surface area contributed by atoms with Gasteiger partial charge in [-0.2, -0.15) is 0 Å². The molecule has 10 nitrogen and oxygen atoms in total. The van der Waals surface area contributed by atoms with Crippen LogP contribution in [0.25, 0.3) is 5.69 Å². The molecule has 3 rings (SSSR count). The molecule has 0 aliphatic rings. The Balaban J connectivity index is 1.97. The van der Waals surface area contributed by atoms with Crippen LogP contribution in [0.5, 0.6) is 5.75 Å². The average Bonchev–Trinajstić information content (AvgIpc) is 3.17. The Morgan fingerprint density at radius 1 is 1.18 bits per heavy atom. The number of nitrogens with zero attached hydrogens (tertiary/aromatic N) is 4. The first kappa shape index (κ1) is 19.3. The summed E-state index contributed by atoms with van der Waals surface area (Å²) in [6.07, 6.45) is 1.42. The van der Waals surface area contributed by atoms with Gasteiger partial charge >= 0.3 is 0 Å². The molecule has 1 heterocycles. The van der Waals surface area contributed by atoms with Crippen molar-refractivity contribution in [1.29, 1.82) is 0 Å². The number of methoxy groups -OCH3 is 1. The molecule has 0 saturated carbocycles. The quantitative estimate of drug-likeness (QED) is 0.642. The van der Waals surface area contributed by atoms with E-state index in [1.807, 2.05) is 0 Å². The van der Waals surface area contributed by atoms with Crippen LogP contribution in [0.1, 0.15) is 12.5 Å². The van der Waals surface area contributed by atoms with Crippen molar-refractivity contribution >= 4 is 27.3 Å². The third-order valence-corrected chi connectivity index (χ3v) is 5.30. The molecule has 2 aromatic carbocycles. The molecule has 2 N–H and O–H groups in total. The summed E-state index contributed by atoms with van der Waals surface area (Å²) in [7, 11) is -2.49. The first-order valence-corrected chi connectivity index (χ1v) is 9.61. The van der Waals surface area contributed by atoms with Gasteiger partial charge in [0.25, 0.3) is 10.0 Å². The van der Waals surface area contributed by atoms with Crippen LogP contribution in [0.4, 0.5) is 11.4 Å². The lowest BCUT2D eigenvalue weighted by atomic mass is 10.1. The molecule has 1 aromatic heterocycles. The fraction of sp³-hybridized carbons (Fsp3) is 0.176. The number of tetrazole rings is 1. The highest BCUT2D eigenvalue weighted by atomic mass is 32.2. The van der Waals surface area contributed by atoms with Crippen molar-refractivity contribution in [3.05, 3.63) is 48.3 Å². The standard InChI is InChI=1S/C17H18N6O4S/c1-11-14(5-4-6-16(11)23-10-18-21-22-23)20-28(25,26)13-7-8-17(27-3)15(9-13)19-12(2)24/h4-10,20H,1-3H3,(H,19,24). The lowest BCUT2D eigenvalue weighted by Crippen LogP contribution is -2.15. The maximum atomic E-state index is 12.9. The zero-order chi connectivity index (χ0) is 20.3. The van der Waals surface area contributed by atoms with Crippen molar-refractivity contribution < 1.29 is 17.9 Å². The highest BCUT2D eigenvalue weighted by molar-refractivity contribution is 7.92. The number of hydrogen-bond donors (Lipinski definition) is 2. The SMILES string of the molecule is COc1ccc(S(=O)(=O)Nc2cccc(-n3cnnn3)c2C)cc1NC(C)=O. The molecule has 0 radical (unpaired) electrons. The maximum absolute atomic E-state index is 12.9. The minimum atomic E-state index is -3.92. The zero-order valence-corrected chi connectivity index (χ0v) is 16.2. The molecule has 3 aromatic rings. The van der Waals surface area contributed by atoms with Crippen LogP contribution in [0.3, 0.4) is 0 Å². The Morgan fingerprint density at radius 3 is 2.61 bits per heavy atom. The Labute approximate surface area is 161 Å². The Kier molecular flexibility index (Phi) is 5.27. The van der Waals surface area contributed by atoms with E-state index >= 15 is 0 Å². The van der Waals surface area contributed by atoms with Crippen LogP contribution in [-0.2, 0) is 14.8 Å². The lowest BCUT2D eigenvalue weighted by molar-refractivity contribution is -0.114. The summed E-state index contributed by atoms with van der Waals surface area (Å²) in [4.78, 5) is 11.4. The summed E-state index contributed by atoms with van der Waals surface area (Å²) in [5.74, 6) is 0.0109. The normalized spacial score (nSPS) is 11.1. The fourth-order valence-electron chi connectivity index (χ4n) is 2.60. The van der Waals surface area contributed by atoms with Crippen molar-refractivity contribution in [1.82, 2.24) is 20.2 Å². The number of ether oxygens (including phenoxy) is 1. The van der Waals surface area contributed by atoms with Gasteiger partial charge in [-0.25, -0.2) is 13.1 Å². The number of nitrogens with one attached hydrogen (secondary N) is 2. The molecule has 0 bridgehead atoms. The van der Waals surface area contributed by atoms with Crippen molar-refractivity contribution in [2.24, 2.45) is 0 Å². The summed E-state index contributed by atoms with van der Waals surface area (Å²) in [6.45, 7) is 3.08. The molecule has 0 spiro atoms. The van der Waals surface area contributed by atoms with Gasteiger partial charge in [0.1, 0.15) is 12.1 Å². The minimum absolute atomic E-state index is 0.0238. The highest BCUT2D eigenvalue weighted by Gasteiger charge is 2.19. The first-order valence-electron chi connectivity index (χ1n) is 8.13. The number of amides is 1.